The Labute approximate surface area is 169 Å². The number of amides is 3. The first-order valence-corrected chi connectivity index (χ1v) is 9.36. The summed E-state index contributed by atoms with van der Waals surface area (Å²) in [7, 11) is 1.54. The van der Waals surface area contributed by atoms with Gasteiger partial charge in [-0.15, -0.1) is 0 Å². The fourth-order valence-electron chi connectivity index (χ4n) is 3.15. The van der Waals surface area contributed by atoms with Crippen molar-refractivity contribution in [2.75, 3.05) is 48.8 Å². The molecule has 0 saturated carbocycles. The van der Waals surface area contributed by atoms with Crippen LogP contribution in [0, 0.1) is 0 Å². The van der Waals surface area contributed by atoms with Gasteiger partial charge in [-0.05, 0) is 30.8 Å². The molecule has 29 heavy (non-hydrogen) atoms. The molecule has 0 aliphatic carbocycles. The van der Waals surface area contributed by atoms with Gasteiger partial charge in [-0.1, -0.05) is 31.2 Å². The number of ether oxygens (including phenoxy) is 1. The van der Waals surface area contributed by atoms with Crippen LogP contribution >= 0.6 is 0 Å². The number of benzene rings is 2. The van der Waals surface area contributed by atoms with Crippen LogP contribution in [0.5, 0.6) is 5.75 Å². The monoisotopic (exact) mass is 396 g/mol. The zero-order valence-corrected chi connectivity index (χ0v) is 16.5. The summed E-state index contributed by atoms with van der Waals surface area (Å²) < 4.78 is 5.24. The zero-order valence-electron chi connectivity index (χ0n) is 16.5. The normalized spacial score (nSPS) is 12.9. The van der Waals surface area contributed by atoms with Gasteiger partial charge in [0.1, 0.15) is 12.3 Å². The lowest BCUT2D eigenvalue weighted by atomic mass is 10.2. The molecule has 0 spiro atoms. The Morgan fingerprint density at radius 2 is 1.86 bits per heavy atom. The second-order valence-electron chi connectivity index (χ2n) is 6.60. The summed E-state index contributed by atoms with van der Waals surface area (Å²) in [4.78, 5) is 40.4. The summed E-state index contributed by atoms with van der Waals surface area (Å²) in [5.41, 5.74) is 1.84. The lowest BCUT2D eigenvalue weighted by molar-refractivity contribution is -0.123. The molecule has 0 fully saturated rings. The molecule has 8 nitrogen and oxygen atoms in total. The third-order valence-electron chi connectivity index (χ3n) is 4.63. The maximum absolute atomic E-state index is 12.9. The number of rotatable bonds is 7. The van der Waals surface area contributed by atoms with E-state index in [0.29, 0.717) is 29.4 Å². The van der Waals surface area contributed by atoms with Crippen LogP contribution in [0.15, 0.2) is 48.5 Å². The fraction of sp³-hybridized carbons (Fsp3) is 0.286. The summed E-state index contributed by atoms with van der Waals surface area (Å²) in [6, 6.07) is 14.3. The van der Waals surface area contributed by atoms with E-state index in [1.807, 2.05) is 19.1 Å². The van der Waals surface area contributed by atoms with Gasteiger partial charge in [-0.25, -0.2) is 0 Å². The third-order valence-corrected chi connectivity index (χ3v) is 4.63. The first-order chi connectivity index (χ1) is 14.0. The van der Waals surface area contributed by atoms with E-state index in [-0.39, 0.29) is 37.4 Å². The van der Waals surface area contributed by atoms with Crippen LogP contribution in [-0.4, -0.2) is 55.9 Å². The summed E-state index contributed by atoms with van der Waals surface area (Å²) in [6.45, 7) is 2.41. The van der Waals surface area contributed by atoms with Crippen LogP contribution in [0.2, 0.25) is 0 Å². The van der Waals surface area contributed by atoms with E-state index in [2.05, 4.69) is 10.6 Å². The van der Waals surface area contributed by atoms with E-state index in [9.17, 15) is 14.4 Å². The number of hydrogen-bond donors (Lipinski definition) is 2. The van der Waals surface area contributed by atoms with Gasteiger partial charge in [0.25, 0.3) is 0 Å². The molecule has 2 aromatic rings. The van der Waals surface area contributed by atoms with E-state index >= 15 is 0 Å². The van der Waals surface area contributed by atoms with E-state index in [1.165, 1.54) is 12.0 Å². The molecule has 0 bridgehead atoms. The van der Waals surface area contributed by atoms with Crippen molar-refractivity contribution in [3.05, 3.63) is 48.5 Å². The number of methoxy groups -OCH3 is 1. The van der Waals surface area contributed by atoms with Crippen LogP contribution in [0.4, 0.5) is 17.1 Å². The third kappa shape index (κ3) is 4.91. The van der Waals surface area contributed by atoms with E-state index in [0.717, 1.165) is 0 Å². The number of nitrogens with one attached hydrogen (secondary N) is 2. The maximum Gasteiger partial charge on any atom is 0.244 e. The molecule has 0 unspecified atom stereocenters. The average Bonchev–Trinajstić information content (AvgIpc) is 2.72. The predicted octanol–water partition coefficient (Wildman–Crippen LogP) is 1.94. The molecule has 2 N–H and O–H groups in total. The number of nitrogens with zero attached hydrogens (tertiary/aromatic N) is 2. The number of anilines is 3. The fourth-order valence-corrected chi connectivity index (χ4v) is 3.15. The molecule has 0 saturated heterocycles. The molecule has 152 valence electrons. The summed E-state index contributed by atoms with van der Waals surface area (Å²) in [5, 5.41) is 5.57. The second-order valence-corrected chi connectivity index (χ2v) is 6.60. The molecule has 0 radical (unpaired) electrons. The van der Waals surface area contributed by atoms with Crippen LogP contribution < -0.4 is 20.3 Å². The highest BCUT2D eigenvalue weighted by atomic mass is 16.5. The van der Waals surface area contributed by atoms with Crippen molar-refractivity contribution in [1.82, 2.24) is 4.90 Å². The quantitative estimate of drug-likeness (QED) is 0.746. The molecular formula is C21H24N4O4. The highest BCUT2D eigenvalue weighted by Crippen LogP contribution is 2.29. The minimum Gasteiger partial charge on any atom is -0.495 e. The summed E-state index contributed by atoms with van der Waals surface area (Å²) in [5.74, 6) is -0.162. The molecule has 3 amide bonds. The lowest BCUT2D eigenvalue weighted by Gasteiger charge is -2.31. The van der Waals surface area contributed by atoms with Gasteiger partial charge in [0.15, 0.2) is 0 Å². The van der Waals surface area contributed by atoms with E-state index in [1.54, 1.807) is 41.3 Å². The Kier molecular flexibility index (Phi) is 6.46. The molecule has 1 aliphatic rings. The Morgan fingerprint density at radius 1 is 1.14 bits per heavy atom. The topological polar surface area (TPSA) is 91.0 Å². The number of carbonyl (C=O) groups excluding carboxylic acids is 3. The number of carbonyl (C=O) groups is 3. The summed E-state index contributed by atoms with van der Waals surface area (Å²) in [6.07, 6.45) is 0. The number of likely N-dealkylation sites (N-methyl/N-ethyl adjacent to an activating group) is 1. The molecule has 2 aromatic carbocycles. The second kappa shape index (κ2) is 9.20. The van der Waals surface area contributed by atoms with Crippen molar-refractivity contribution in [3.8, 4) is 5.75 Å². The van der Waals surface area contributed by atoms with Crippen molar-refractivity contribution in [2.24, 2.45) is 0 Å². The molecule has 0 atom stereocenters. The smallest absolute Gasteiger partial charge is 0.244 e. The maximum atomic E-state index is 12.9. The van der Waals surface area contributed by atoms with Crippen molar-refractivity contribution in [2.45, 2.75) is 6.92 Å². The molecule has 8 heteroatoms. The van der Waals surface area contributed by atoms with Gasteiger partial charge in [-0.3, -0.25) is 24.2 Å². The molecule has 1 aliphatic heterocycles. The Hall–Kier alpha value is -3.39. The predicted molar refractivity (Wildman–Crippen MR) is 111 cm³/mol. The van der Waals surface area contributed by atoms with Gasteiger partial charge < -0.3 is 15.4 Å². The van der Waals surface area contributed by atoms with Gasteiger partial charge >= 0.3 is 0 Å². The highest BCUT2D eigenvalue weighted by molar-refractivity contribution is 6.10. The van der Waals surface area contributed by atoms with Crippen LogP contribution in [0.1, 0.15) is 6.92 Å². The SMILES string of the molecule is CCN(CC(=O)Nc1ccccc1OC)CC(=O)N1CC(=O)Nc2ccccc21. The van der Waals surface area contributed by atoms with Gasteiger partial charge in [-0.2, -0.15) is 0 Å². The van der Waals surface area contributed by atoms with Crippen LogP contribution in [0.3, 0.4) is 0 Å². The van der Waals surface area contributed by atoms with E-state index < -0.39 is 0 Å². The first-order valence-electron chi connectivity index (χ1n) is 9.36. The minimum atomic E-state index is -0.249. The highest BCUT2D eigenvalue weighted by Gasteiger charge is 2.27. The standard InChI is InChI=1S/C21H24N4O4/c1-3-24(12-19(26)23-16-9-5-7-11-18(16)29-2)14-21(28)25-13-20(27)22-15-8-4-6-10-17(15)25/h4-11H,3,12-14H2,1-2H3,(H,22,27)(H,23,26). The number of para-hydroxylation sites is 4. The van der Waals surface area contributed by atoms with Crippen molar-refractivity contribution in [3.63, 3.8) is 0 Å². The largest absolute Gasteiger partial charge is 0.495 e. The van der Waals surface area contributed by atoms with E-state index in [4.69, 9.17) is 4.74 Å². The molecule has 0 aromatic heterocycles. The lowest BCUT2D eigenvalue weighted by Crippen LogP contribution is -2.47. The van der Waals surface area contributed by atoms with Gasteiger partial charge in [0, 0.05) is 0 Å². The average molecular weight is 396 g/mol. The van der Waals surface area contributed by atoms with Crippen LogP contribution in [0.25, 0.3) is 0 Å². The minimum absolute atomic E-state index is 0.0253. The van der Waals surface area contributed by atoms with Crippen molar-refractivity contribution >= 4 is 34.8 Å². The Morgan fingerprint density at radius 3 is 2.62 bits per heavy atom. The van der Waals surface area contributed by atoms with Crippen molar-refractivity contribution in [1.29, 1.82) is 0 Å². The van der Waals surface area contributed by atoms with Gasteiger partial charge in [0.05, 0.1) is 37.3 Å². The van der Waals surface area contributed by atoms with Gasteiger partial charge in [0.2, 0.25) is 17.7 Å². The zero-order chi connectivity index (χ0) is 20.8. The number of hydrogen-bond acceptors (Lipinski definition) is 5. The summed E-state index contributed by atoms with van der Waals surface area (Å²) >= 11 is 0. The Balaban J connectivity index is 1.64. The molecule has 1 heterocycles. The number of fused-ring (bicyclic) bond motifs is 1. The molecular weight excluding hydrogens is 372 g/mol. The van der Waals surface area contributed by atoms with Crippen molar-refractivity contribution < 1.29 is 19.1 Å². The van der Waals surface area contributed by atoms with Crippen LogP contribution in [-0.2, 0) is 14.4 Å². The Bertz CT molecular complexity index is 915. The first kappa shape index (κ1) is 20.3. The molecule has 3 rings (SSSR count).